The predicted octanol–water partition coefficient (Wildman–Crippen LogP) is 2.04. The van der Waals surface area contributed by atoms with Gasteiger partial charge in [0.2, 0.25) is 0 Å². The van der Waals surface area contributed by atoms with E-state index in [4.69, 9.17) is 19.4 Å². The molecule has 4 fully saturated rings. The number of aliphatic hydroxyl groups is 3. The lowest BCUT2D eigenvalue weighted by atomic mass is 9.48. The molecule has 8 N–H and O–H groups in total. The molecule has 60 heavy (non-hydrogen) atoms. The van der Waals surface area contributed by atoms with Gasteiger partial charge in [-0.2, -0.15) is 8.42 Å². The van der Waals surface area contributed by atoms with Crippen LogP contribution < -0.4 is 21.1 Å². The Balaban J connectivity index is 1.39. The SMILES string of the molecule is CC[C@]1(O)CC2CN(CCC3c4ccccc4NC3[C@@](C(=O)OC)(c3cc([C@]45CCN6CC=C[C@](CCOS(=O)(=O)O)([C@H]64)[C@@H](O)[C@](O)(C(N)=O)C5)c(NC)cc3OC)C2)C1. The fraction of sp³-hybridized carbons (Fsp3) is 0.628. The maximum absolute atomic E-state index is 15.3. The molecule has 0 spiro atoms. The van der Waals surface area contributed by atoms with Crippen LogP contribution in [-0.4, -0.2) is 140 Å². The molecule has 328 valence electrons. The Morgan fingerprint density at radius 2 is 1.87 bits per heavy atom. The lowest BCUT2D eigenvalue weighted by molar-refractivity contribution is -0.197. The first-order valence-corrected chi connectivity index (χ1v) is 22.3. The van der Waals surface area contributed by atoms with Crippen LogP contribution >= 0.6 is 0 Å². The number of fused-ring (bicyclic) bond motifs is 5. The minimum atomic E-state index is -4.88. The third-order valence-electron chi connectivity index (χ3n) is 15.3. The third-order valence-corrected chi connectivity index (χ3v) is 15.7. The number of carbonyl (C=O) groups is 2. The number of para-hydroxylation sites is 1. The van der Waals surface area contributed by atoms with Crippen molar-refractivity contribution in [2.24, 2.45) is 17.1 Å². The number of carbonyl (C=O) groups excluding carboxylic acids is 2. The van der Waals surface area contributed by atoms with E-state index in [0.717, 1.165) is 11.3 Å². The highest BCUT2D eigenvalue weighted by Crippen LogP contribution is 2.64. The van der Waals surface area contributed by atoms with Crippen molar-refractivity contribution in [2.75, 3.05) is 71.2 Å². The van der Waals surface area contributed by atoms with Crippen LogP contribution in [0.1, 0.15) is 74.5 Å². The molecule has 1 aliphatic carbocycles. The lowest BCUT2D eigenvalue weighted by Crippen LogP contribution is -2.74. The number of nitrogens with one attached hydrogen (secondary N) is 2. The van der Waals surface area contributed by atoms with Crippen LogP contribution in [0.2, 0.25) is 0 Å². The van der Waals surface area contributed by atoms with Gasteiger partial charge in [0.15, 0.2) is 5.60 Å². The Bertz CT molecular complexity index is 2170. The summed E-state index contributed by atoms with van der Waals surface area (Å²) >= 11 is 0. The number of hydrogen-bond acceptors (Lipinski definition) is 14. The second-order valence-electron chi connectivity index (χ2n) is 18.2. The largest absolute Gasteiger partial charge is 0.496 e. The number of primary amides is 1. The van der Waals surface area contributed by atoms with Gasteiger partial charge in [-0.1, -0.05) is 37.3 Å². The second-order valence-corrected chi connectivity index (χ2v) is 19.3. The van der Waals surface area contributed by atoms with Gasteiger partial charge in [-0.3, -0.25) is 19.0 Å². The van der Waals surface area contributed by atoms with Gasteiger partial charge >= 0.3 is 16.4 Å². The van der Waals surface area contributed by atoms with Gasteiger partial charge in [0.05, 0.1) is 32.5 Å². The van der Waals surface area contributed by atoms with Crippen molar-refractivity contribution in [1.29, 1.82) is 0 Å². The van der Waals surface area contributed by atoms with Crippen LogP contribution in [0, 0.1) is 11.3 Å². The van der Waals surface area contributed by atoms with Crippen molar-refractivity contribution in [2.45, 2.75) is 98.0 Å². The Labute approximate surface area is 351 Å². The lowest BCUT2D eigenvalue weighted by Gasteiger charge is -2.61. The summed E-state index contributed by atoms with van der Waals surface area (Å²) in [7, 11) is -0.192. The zero-order valence-corrected chi connectivity index (χ0v) is 35.5. The molecule has 8 rings (SSSR count). The van der Waals surface area contributed by atoms with Crippen LogP contribution in [-0.2, 0) is 39.7 Å². The third kappa shape index (κ3) is 6.53. The fourth-order valence-electron chi connectivity index (χ4n) is 12.9. The van der Waals surface area contributed by atoms with Crippen LogP contribution in [0.5, 0.6) is 5.75 Å². The number of anilines is 2. The Morgan fingerprint density at radius 1 is 1.10 bits per heavy atom. The highest BCUT2D eigenvalue weighted by Gasteiger charge is 2.71. The number of aliphatic hydroxyl groups excluding tert-OH is 1. The molecule has 3 saturated heterocycles. The van der Waals surface area contributed by atoms with Gasteiger partial charge < -0.3 is 46.1 Å². The van der Waals surface area contributed by atoms with Gasteiger partial charge in [0.25, 0.3) is 5.91 Å². The maximum Gasteiger partial charge on any atom is 0.397 e. The van der Waals surface area contributed by atoms with Gasteiger partial charge in [-0.25, -0.2) is 4.18 Å². The summed E-state index contributed by atoms with van der Waals surface area (Å²) in [4.78, 5) is 33.3. The molecule has 1 amide bonds. The number of rotatable bonds is 11. The van der Waals surface area contributed by atoms with E-state index >= 15 is 4.79 Å². The molecule has 11 atom stereocenters. The van der Waals surface area contributed by atoms with Crippen molar-refractivity contribution in [3.8, 4) is 5.75 Å². The van der Waals surface area contributed by atoms with Crippen molar-refractivity contribution >= 4 is 33.7 Å². The van der Waals surface area contributed by atoms with Crippen molar-refractivity contribution < 1.29 is 51.5 Å². The summed E-state index contributed by atoms with van der Waals surface area (Å²) in [6.45, 7) is 4.26. The van der Waals surface area contributed by atoms with E-state index in [1.54, 1.807) is 20.2 Å². The summed E-state index contributed by atoms with van der Waals surface area (Å²) in [6.07, 6.45) is 3.61. The molecule has 0 radical (unpaired) electrons. The van der Waals surface area contributed by atoms with Gasteiger partial charge in [0.1, 0.15) is 17.3 Å². The first-order valence-electron chi connectivity index (χ1n) is 21.0. The first-order chi connectivity index (χ1) is 28.4. The average molecular weight is 854 g/mol. The quantitative estimate of drug-likeness (QED) is 0.0974. The number of hydrogen-bond donors (Lipinski definition) is 7. The normalized spacial score (nSPS) is 38.3. The predicted molar refractivity (Wildman–Crippen MR) is 222 cm³/mol. The topological polar surface area (TPSA) is 233 Å². The van der Waals surface area contributed by atoms with Crippen molar-refractivity contribution in [3.63, 3.8) is 0 Å². The summed E-state index contributed by atoms with van der Waals surface area (Å²) in [6, 6.07) is 10.7. The number of amides is 1. The highest BCUT2D eigenvalue weighted by atomic mass is 32.3. The molecule has 1 saturated carbocycles. The molecule has 4 unspecified atom stereocenters. The molecule has 5 aliphatic heterocycles. The summed E-state index contributed by atoms with van der Waals surface area (Å²) in [5.41, 5.74) is 2.23. The van der Waals surface area contributed by atoms with E-state index in [1.165, 1.54) is 7.11 Å². The second kappa shape index (κ2) is 15.2. The molecular formula is C43H59N5O11S. The van der Waals surface area contributed by atoms with E-state index < -0.39 is 74.5 Å². The zero-order chi connectivity index (χ0) is 43.0. The standard InChI is InChI=1S/C43H59N5O11S/c1-5-39(52)21-26-22-42(38(51)58-4,34-28(11-16-47(23-26)25-39)27-9-6-7-10-31(27)46-34)30-19-29(32(45-2)20-33(30)57-3)41-13-17-48-15-8-12-40(35(41)48,14-18-59-60(54,55)56)36(49)43(53,24-41)37(44)50/h6-10,12,19-20,26,28,34-36,45-46,49,52-53H,5,11,13-18,21-25H2,1-4H3,(H2,44,50)(H,54,55,56)/t26?,28?,34?,35-,36+,39-,40-,41+,42-,43-/m0/s1. The van der Waals surface area contributed by atoms with E-state index in [9.17, 15) is 33.1 Å². The molecule has 6 aliphatic rings. The minimum Gasteiger partial charge on any atom is -0.496 e. The van der Waals surface area contributed by atoms with E-state index in [0.29, 0.717) is 87.4 Å². The molecule has 17 heteroatoms. The van der Waals surface area contributed by atoms with Gasteiger partial charge in [-0.05, 0) is 87.2 Å². The Kier molecular flexibility index (Phi) is 10.9. The number of nitrogens with zero attached hydrogens (tertiary/aromatic N) is 2. The molecule has 16 nitrogen and oxygen atoms in total. The van der Waals surface area contributed by atoms with Crippen LogP contribution in [0.3, 0.4) is 0 Å². The maximum atomic E-state index is 15.3. The number of methoxy groups -OCH3 is 2. The molecule has 0 aromatic heterocycles. The van der Waals surface area contributed by atoms with Crippen molar-refractivity contribution in [1.82, 2.24) is 9.80 Å². The molecule has 5 heterocycles. The first kappa shape index (κ1) is 42.9. The van der Waals surface area contributed by atoms with E-state index in [1.807, 2.05) is 43.3 Å². The van der Waals surface area contributed by atoms with Gasteiger partial charge in [0, 0.05) is 72.5 Å². The highest BCUT2D eigenvalue weighted by molar-refractivity contribution is 7.80. The Hall–Kier alpha value is -3.81. The summed E-state index contributed by atoms with van der Waals surface area (Å²) in [5, 5.41) is 43.7. The van der Waals surface area contributed by atoms with E-state index in [2.05, 4.69) is 26.5 Å². The van der Waals surface area contributed by atoms with Crippen LogP contribution in [0.4, 0.5) is 11.4 Å². The minimum absolute atomic E-state index is 0.145. The van der Waals surface area contributed by atoms with Crippen LogP contribution in [0.15, 0.2) is 48.6 Å². The number of esters is 1. The molecule has 2 aromatic carbocycles. The van der Waals surface area contributed by atoms with Crippen molar-refractivity contribution in [3.05, 3.63) is 65.2 Å². The molecule has 2 bridgehead atoms. The smallest absolute Gasteiger partial charge is 0.397 e. The Morgan fingerprint density at radius 3 is 2.55 bits per heavy atom. The molecular weight excluding hydrogens is 795 g/mol. The van der Waals surface area contributed by atoms with E-state index in [-0.39, 0.29) is 24.7 Å². The number of benzene rings is 2. The number of ether oxygens (including phenoxy) is 2. The summed E-state index contributed by atoms with van der Waals surface area (Å²) in [5.74, 6) is -1.52. The monoisotopic (exact) mass is 853 g/mol. The van der Waals surface area contributed by atoms with Gasteiger partial charge in [-0.15, -0.1) is 0 Å². The van der Waals surface area contributed by atoms with Crippen LogP contribution in [0.25, 0.3) is 0 Å². The average Bonchev–Trinajstić information content (AvgIpc) is 3.80. The zero-order valence-electron chi connectivity index (χ0n) is 34.7. The summed E-state index contributed by atoms with van der Waals surface area (Å²) < 4.78 is 50.1. The fourth-order valence-corrected chi connectivity index (χ4v) is 13.2. The number of piperidine rings is 1. The molecule has 2 aromatic rings. The number of nitrogens with two attached hydrogens (primary N) is 1.